The van der Waals surface area contributed by atoms with Crippen molar-refractivity contribution < 1.29 is 8.42 Å². The van der Waals surface area contributed by atoms with E-state index in [-0.39, 0.29) is 15.7 Å². The fourth-order valence-corrected chi connectivity index (χ4v) is 2.80. The van der Waals surface area contributed by atoms with E-state index in [1.165, 1.54) is 16.8 Å². The van der Waals surface area contributed by atoms with Gasteiger partial charge in [-0.1, -0.05) is 22.9 Å². The van der Waals surface area contributed by atoms with Crippen LogP contribution in [-0.2, 0) is 16.4 Å². The zero-order valence-electron chi connectivity index (χ0n) is 10.2. The van der Waals surface area contributed by atoms with Gasteiger partial charge in [0.2, 0.25) is 14.9 Å². The van der Waals surface area contributed by atoms with Crippen LogP contribution in [0.4, 0.5) is 5.82 Å². The Balaban J connectivity index is 2.54. The molecule has 1 aromatic heterocycles. The van der Waals surface area contributed by atoms with Crippen molar-refractivity contribution in [2.24, 2.45) is 0 Å². The predicted molar refractivity (Wildman–Crippen MR) is 66.7 cm³/mol. The maximum atomic E-state index is 12.3. The Hall–Kier alpha value is -1.89. The molecule has 0 radical (unpaired) electrons. The number of nitrogens with zero attached hydrogens (tertiary/aromatic N) is 3. The van der Waals surface area contributed by atoms with E-state index in [0.717, 1.165) is 5.56 Å². The molecule has 2 rings (SSSR count). The second-order valence-corrected chi connectivity index (χ2v) is 5.78. The van der Waals surface area contributed by atoms with Crippen LogP contribution < -0.4 is 5.73 Å². The molecule has 2 aromatic rings. The summed E-state index contributed by atoms with van der Waals surface area (Å²) in [5.41, 5.74) is 6.71. The van der Waals surface area contributed by atoms with Gasteiger partial charge in [-0.3, -0.25) is 0 Å². The molecule has 6 nitrogen and oxygen atoms in total. The van der Waals surface area contributed by atoms with Gasteiger partial charge in [-0.05, 0) is 26.0 Å². The van der Waals surface area contributed by atoms with Crippen LogP contribution in [0.1, 0.15) is 12.5 Å². The first-order valence-electron chi connectivity index (χ1n) is 5.47. The molecule has 0 unspecified atom stereocenters. The molecule has 0 fully saturated rings. The van der Waals surface area contributed by atoms with Crippen LogP contribution in [0.15, 0.2) is 34.2 Å². The smallest absolute Gasteiger partial charge is 0.229 e. The number of aryl methyl sites for hydroxylation is 2. The van der Waals surface area contributed by atoms with Crippen LogP contribution >= 0.6 is 0 Å². The molecule has 0 saturated carbocycles. The minimum atomic E-state index is -3.70. The van der Waals surface area contributed by atoms with Gasteiger partial charge < -0.3 is 5.73 Å². The topological polar surface area (TPSA) is 90.9 Å². The standard InChI is InChI=1S/C11H14N4O2S/c1-3-15-10(12)11(13-14-15)18(16,17)9-6-4-8(2)5-7-9/h4-7H,3,12H2,1-2H3. The van der Waals surface area contributed by atoms with Crippen LogP contribution in [0.2, 0.25) is 0 Å². The second kappa shape index (κ2) is 4.41. The summed E-state index contributed by atoms with van der Waals surface area (Å²) in [6.07, 6.45) is 0. The lowest BCUT2D eigenvalue weighted by Gasteiger charge is -2.03. The van der Waals surface area contributed by atoms with E-state index in [2.05, 4.69) is 10.3 Å². The maximum Gasteiger partial charge on any atom is 0.229 e. The predicted octanol–water partition coefficient (Wildman–Crippen LogP) is 1.02. The van der Waals surface area contributed by atoms with Gasteiger partial charge in [-0.2, -0.15) is 0 Å². The Bertz CT molecular complexity index is 659. The summed E-state index contributed by atoms with van der Waals surface area (Å²) in [5.74, 6) is 0.0677. The van der Waals surface area contributed by atoms with Crippen molar-refractivity contribution >= 4 is 15.7 Å². The molecule has 0 amide bonds. The second-order valence-electron chi connectivity index (χ2n) is 3.91. The normalized spacial score (nSPS) is 11.7. The number of nitrogens with two attached hydrogens (primary N) is 1. The summed E-state index contributed by atoms with van der Waals surface area (Å²) in [6, 6.07) is 6.53. The van der Waals surface area contributed by atoms with Crippen LogP contribution in [0, 0.1) is 6.92 Å². The van der Waals surface area contributed by atoms with Gasteiger partial charge in [0.1, 0.15) is 0 Å². The maximum absolute atomic E-state index is 12.3. The summed E-state index contributed by atoms with van der Waals surface area (Å²) < 4.78 is 25.9. The van der Waals surface area contributed by atoms with Gasteiger partial charge in [0.05, 0.1) is 4.90 Å². The number of benzene rings is 1. The van der Waals surface area contributed by atoms with Crippen molar-refractivity contribution in [1.82, 2.24) is 15.0 Å². The van der Waals surface area contributed by atoms with E-state index in [0.29, 0.717) is 6.54 Å². The number of hydrogen-bond acceptors (Lipinski definition) is 5. The highest BCUT2D eigenvalue weighted by Gasteiger charge is 2.25. The van der Waals surface area contributed by atoms with Crippen molar-refractivity contribution in [2.75, 3.05) is 5.73 Å². The van der Waals surface area contributed by atoms with Crippen LogP contribution in [0.5, 0.6) is 0 Å². The van der Waals surface area contributed by atoms with Gasteiger partial charge in [-0.25, -0.2) is 13.1 Å². The molecule has 0 saturated heterocycles. The lowest BCUT2D eigenvalue weighted by molar-refractivity contribution is 0.591. The molecule has 0 bridgehead atoms. The summed E-state index contributed by atoms with van der Waals surface area (Å²) in [6.45, 7) is 4.17. The molecule has 0 spiro atoms. The molecule has 18 heavy (non-hydrogen) atoms. The minimum Gasteiger partial charge on any atom is -0.381 e. The van der Waals surface area contributed by atoms with E-state index < -0.39 is 9.84 Å². The number of aromatic nitrogens is 3. The van der Waals surface area contributed by atoms with Crippen molar-refractivity contribution in [1.29, 1.82) is 0 Å². The minimum absolute atomic E-state index is 0.0677. The third-order valence-electron chi connectivity index (χ3n) is 2.63. The molecular weight excluding hydrogens is 252 g/mol. The molecular formula is C11H14N4O2S. The Labute approximate surface area is 105 Å². The highest BCUT2D eigenvalue weighted by Crippen LogP contribution is 2.23. The zero-order chi connectivity index (χ0) is 13.3. The number of rotatable bonds is 3. The number of hydrogen-bond donors (Lipinski definition) is 1. The number of anilines is 1. The van der Waals surface area contributed by atoms with E-state index in [9.17, 15) is 8.42 Å². The highest BCUT2D eigenvalue weighted by molar-refractivity contribution is 7.91. The molecule has 2 N–H and O–H groups in total. The molecule has 1 heterocycles. The SMILES string of the molecule is CCn1nnc(S(=O)(=O)c2ccc(C)cc2)c1N. The average Bonchev–Trinajstić information content (AvgIpc) is 2.71. The largest absolute Gasteiger partial charge is 0.381 e. The molecule has 96 valence electrons. The Morgan fingerprint density at radius 2 is 1.89 bits per heavy atom. The first kappa shape index (κ1) is 12.6. The third kappa shape index (κ3) is 1.97. The molecule has 0 aliphatic carbocycles. The van der Waals surface area contributed by atoms with Crippen molar-refractivity contribution in [3.05, 3.63) is 29.8 Å². The van der Waals surface area contributed by atoms with Crippen molar-refractivity contribution in [3.63, 3.8) is 0 Å². The van der Waals surface area contributed by atoms with E-state index >= 15 is 0 Å². The molecule has 0 aliphatic rings. The number of sulfone groups is 1. The van der Waals surface area contributed by atoms with Gasteiger partial charge in [0.25, 0.3) is 0 Å². The van der Waals surface area contributed by atoms with E-state index in [4.69, 9.17) is 5.73 Å². The first-order valence-corrected chi connectivity index (χ1v) is 6.96. The fourth-order valence-electron chi connectivity index (χ4n) is 1.56. The van der Waals surface area contributed by atoms with E-state index in [1.807, 2.05) is 13.8 Å². The quantitative estimate of drug-likeness (QED) is 0.895. The Kier molecular flexibility index (Phi) is 3.08. The van der Waals surface area contributed by atoms with E-state index in [1.54, 1.807) is 12.1 Å². The van der Waals surface area contributed by atoms with Crippen LogP contribution in [0.3, 0.4) is 0 Å². The number of nitrogen functional groups attached to an aromatic ring is 1. The van der Waals surface area contributed by atoms with Crippen molar-refractivity contribution in [2.45, 2.75) is 30.3 Å². The monoisotopic (exact) mass is 266 g/mol. The Morgan fingerprint density at radius 3 is 2.39 bits per heavy atom. The summed E-state index contributed by atoms with van der Waals surface area (Å²) in [5, 5.41) is 7.18. The molecule has 0 aliphatic heterocycles. The summed E-state index contributed by atoms with van der Waals surface area (Å²) in [4.78, 5) is 0.169. The van der Waals surface area contributed by atoms with Gasteiger partial charge in [0.15, 0.2) is 5.82 Å². The van der Waals surface area contributed by atoms with Crippen molar-refractivity contribution in [3.8, 4) is 0 Å². The third-order valence-corrected chi connectivity index (χ3v) is 4.32. The molecule has 1 aromatic carbocycles. The molecule has 0 atom stereocenters. The lowest BCUT2D eigenvalue weighted by atomic mass is 10.2. The van der Waals surface area contributed by atoms with Gasteiger partial charge in [0, 0.05) is 6.54 Å². The van der Waals surface area contributed by atoms with Gasteiger partial charge >= 0.3 is 0 Å². The highest BCUT2D eigenvalue weighted by atomic mass is 32.2. The molecule has 7 heteroatoms. The Morgan fingerprint density at radius 1 is 1.28 bits per heavy atom. The lowest BCUT2D eigenvalue weighted by Crippen LogP contribution is -2.08. The first-order chi connectivity index (χ1) is 8.46. The van der Waals surface area contributed by atoms with Crippen LogP contribution in [-0.4, -0.2) is 23.4 Å². The zero-order valence-corrected chi connectivity index (χ0v) is 11.0. The fraction of sp³-hybridized carbons (Fsp3) is 0.273. The summed E-state index contributed by atoms with van der Waals surface area (Å²) in [7, 11) is -3.70. The van der Waals surface area contributed by atoms with Gasteiger partial charge in [-0.15, -0.1) is 5.10 Å². The van der Waals surface area contributed by atoms with Crippen LogP contribution in [0.25, 0.3) is 0 Å². The summed E-state index contributed by atoms with van der Waals surface area (Å²) >= 11 is 0. The average molecular weight is 266 g/mol.